The number of carbonyl (C=O) groups excluding carboxylic acids is 1. The minimum absolute atomic E-state index is 0.0271. The quantitative estimate of drug-likeness (QED) is 0.869. The van der Waals surface area contributed by atoms with Gasteiger partial charge in [0.15, 0.2) is 0 Å². The number of nitrogens with zero attached hydrogens (tertiary/aromatic N) is 2. The van der Waals surface area contributed by atoms with E-state index in [9.17, 15) is 4.79 Å². The SMILES string of the molecule is Cc1nn(C)c(C)c1[C@H](C)C(=O)NC[C@@H](C)Oc1ccc(Cl)cc1. The van der Waals surface area contributed by atoms with Crippen LogP contribution in [0.5, 0.6) is 5.75 Å². The molecule has 0 aliphatic carbocycles. The summed E-state index contributed by atoms with van der Waals surface area (Å²) in [5, 5.41) is 7.99. The fourth-order valence-corrected chi connectivity index (χ4v) is 2.86. The van der Waals surface area contributed by atoms with E-state index in [0.29, 0.717) is 11.6 Å². The summed E-state index contributed by atoms with van der Waals surface area (Å²) in [5.41, 5.74) is 2.89. The molecule has 1 heterocycles. The van der Waals surface area contributed by atoms with Gasteiger partial charge in [-0.1, -0.05) is 11.6 Å². The van der Waals surface area contributed by atoms with Crippen LogP contribution < -0.4 is 10.1 Å². The molecule has 6 heteroatoms. The number of amides is 1. The van der Waals surface area contributed by atoms with Gasteiger partial charge in [0.25, 0.3) is 0 Å². The molecule has 0 saturated heterocycles. The van der Waals surface area contributed by atoms with Crippen molar-refractivity contribution in [1.82, 2.24) is 15.1 Å². The summed E-state index contributed by atoms with van der Waals surface area (Å²) in [4.78, 5) is 12.4. The van der Waals surface area contributed by atoms with E-state index in [0.717, 1.165) is 22.7 Å². The van der Waals surface area contributed by atoms with Crippen LogP contribution in [0.1, 0.15) is 36.7 Å². The molecule has 0 saturated carbocycles. The molecular formula is C18H24ClN3O2. The Morgan fingerprint density at radius 2 is 1.92 bits per heavy atom. The number of rotatable bonds is 6. The zero-order valence-corrected chi connectivity index (χ0v) is 15.5. The van der Waals surface area contributed by atoms with Gasteiger partial charge < -0.3 is 10.1 Å². The monoisotopic (exact) mass is 349 g/mol. The van der Waals surface area contributed by atoms with E-state index in [4.69, 9.17) is 16.3 Å². The van der Waals surface area contributed by atoms with Crippen LogP contribution in [0.4, 0.5) is 0 Å². The van der Waals surface area contributed by atoms with Gasteiger partial charge in [-0.2, -0.15) is 5.10 Å². The minimum Gasteiger partial charge on any atom is -0.489 e. The zero-order valence-electron chi connectivity index (χ0n) is 14.8. The Hall–Kier alpha value is -2.01. The first-order valence-corrected chi connectivity index (χ1v) is 8.37. The molecule has 1 aromatic carbocycles. The number of aryl methyl sites for hydroxylation is 2. The lowest BCUT2D eigenvalue weighted by molar-refractivity contribution is -0.122. The number of ether oxygens (including phenoxy) is 1. The molecule has 24 heavy (non-hydrogen) atoms. The van der Waals surface area contributed by atoms with Crippen LogP contribution in [-0.4, -0.2) is 28.3 Å². The van der Waals surface area contributed by atoms with E-state index in [2.05, 4.69) is 10.4 Å². The maximum atomic E-state index is 12.4. The molecule has 130 valence electrons. The van der Waals surface area contributed by atoms with Crippen molar-refractivity contribution < 1.29 is 9.53 Å². The van der Waals surface area contributed by atoms with Gasteiger partial charge in [-0.3, -0.25) is 9.48 Å². The lowest BCUT2D eigenvalue weighted by atomic mass is 9.98. The van der Waals surface area contributed by atoms with Crippen molar-refractivity contribution in [2.45, 2.75) is 39.7 Å². The van der Waals surface area contributed by atoms with E-state index >= 15 is 0 Å². The molecule has 2 rings (SSSR count). The fourth-order valence-electron chi connectivity index (χ4n) is 2.73. The Morgan fingerprint density at radius 3 is 2.46 bits per heavy atom. The third kappa shape index (κ3) is 4.29. The summed E-state index contributed by atoms with van der Waals surface area (Å²) in [5.74, 6) is 0.454. The van der Waals surface area contributed by atoms with Crippen LogP contribution in [0, 0.1) is 13.8 Å². The Kier molecular flexibility index (Phi) is 5.89. The number of nitrogens with one attached hydrogen (secondary N) is 1. The highest BCUT2D eigenvalue weighted by Gasteiger charge is 2.22. The lowest BCUT2D eigenvalue weighted by Gasteiger charge is -2.18. The minimum atomic E-state index is -0.249. The molecule has 0 unspecified atom stereocenters. The summed E-state index contributed by atoms with van der Waals surface area (Å²) in [7, 11) is 1.89. The standard InChI is InChI=1S/C18H24ClN3O2/c1-11(24-16-8-6-15(19)7-9-16)10-20-18(23)12(2)17-13(3)21-22(5)14(17)4/h6-9,11-12H,10H2,1-5H3,(H,20,23)/t11-,12+/m1/s1. The average Bonchev–Trinajstić information content (AvgIpc) is 2.79. The number of aromatic nitrogens is 2. The molecule has 2 aromatic rings. The second kappa shape index (κ2) is 7.71. The molecule has 1 amide bonds. The highest BCUT2D eigenvalue weighted by molar-refractivity contribution is 6.30. The second-order valence-corrected chi connectivity index (χ2v) is 6.49. The molecule has 1 aromatic heterocycles. The van der Waals surface area contributed by atoms with Gasteiger partial charge in [0.1, 0.15) is 11.9 Å². The van der Waals surface area contributed by atoms with E-state index in [1.54, 1.807) is 16.8 Å². The molecule has 2 atom stereocenters. The topological polar surface area (TPSA) is 56.2 Å². The molecule has 0 spiro atoms. The maximum Gasteiger partial charge on any atom is 0.227 e. The van der Waals surface area contributed by atoms with Crippen LogP contribution in [0.25, 0.3) is 0 Å². The summed E-state index contributed by atoms with van der Waals surface area (Å²) in [6.07, 6.45) is -0.140. The Labute approximate surface area is 148 Å². The summed E-state index contributed by atoms with van der Waals surface area (Å²) in [6.45, 7) is 8.16. The molecular weight excluding hydrogens is 326 g/mol. The molecule has 0 bridgehead atoms. The van der Waals surface area contributed by atoms with E-state index < -0.39 is 0 Å². The highest BCUT2D eigenvalue weighted by atomic mass is 35.5. The first kappa shape index (κ1) is 18.3. The van der Waals surface area contributed by atoms with Crippen LogP contribution in [0.2, 0.25) is 5.02 Å². The largest absolute Gasteiger partial charge is 0.489 e. The summed E-state index contributed by atoms with van der Waals surface area (Å²) < 4.78 is 7.57. The molecule has 1 N–H and O–H groups in total. The first-order valence-electron chi connectivity index (χ1n) is 7.99. The molecule has 5 nitrogen and oxygen atoms in total. The summed E-state index contributed by atoms with van der Waals surface area (Å²) in [6, 6.07) is 7.17. The second-order valence-electron chi connectivity index (χ2n) is 6.06. The fraction of sp³-hybridized carbons (Fsp3) is 0.444. The van der Waals surface area contributed by atoms with Crippen molar-refractivity contribution in [1.29, 1.82) is 0 Å². The zero-order chi connectivity index (χ0) is 17.9. The van der Waals surface area contributed by atoms with Gasteiger partial charge in [-0.25, -0.2) is 0 Å². The Balaban J connectivity index is 1.91. The van der Waals surface area contributed by atoms with Crippen LogP contribution in [-0.2, 0) is 11.8 Å². The highest BCUT2D eigenvalue weighted by Crippen LogP contribution is 2.23. The Morgan fingerprint density at radius 1 is 1.29 bits per heavy atom. The normalized spacial score (nSPS) is 13.4. The van der Waals surface area contributed by atoms with Crippen molar-refractivity contribution in [2.24, 2.45) is 7.05 Å². The van der Waals surface area contributed by atoms with Crippen molar-refractivity contribution in [2.75, 3.05) is 6.54 Å². The molecule has 0 aliphatic heterocycles. The van der Waals surface area contributed by atoms with Crippen LogP contribution in [0.15, 0.2) is 24.3 Å². The van der Waals surface area contributed by atoms with Gasteiger partial charge in [0.05, 0.1) is 18.2 Å². The Bertz CT molecular complexity index is 710. The van der Waals surface area contributed by atoms with Crippen molar-refractivity contribution >= 4 is 17.5 Å². The van der Waals surface area contributed by atoms with E-state index in [1.807, 2.05) is 46.9 Å². The predicted molar refractivity (Wildman–Crippen MR) is 95.6 cm³/mol. The third-order valence-corrected chi connectivity index (χ3v) is 4.36. The van der Waals surface area contributed by atoms with Gasteiger partial charge in [-0.05, 0) is 52.0 Å². The van der Waals surface area contributed by atoms with Crippen LogP contribution in [0.3, 0.4) is 0 Å². The summed E-state index contributed by atoms with van der Waals surface area (Å²) >= 11 is 5.85. The lowest BCUT2D eigenvalue weighted by Crippen LogP contribution is -2.36. The van der Waals surface area contributed by atoms with Gasteiger partial charge in [-0.15, -0.1) is 0 Å². The molecule has 0 radical (unpaired) electrons. The number of carbonyl (C=O) groups is 1. The van der Waals surface area contributed by atoms with Crippen molar-refractivity contribution in [3.63, 3.8) is 0 Å². The average molecular weight is 350 g/mol. The first-order chi connectivity index (χ1) is 11.3. The smallest absolute Gasteiger partial charge is 0.227 e. The van der Waals surface area contributed by atoms with Crippen molar-refractivity contribution in [3.05, 3.63) is 46.2 Å². The van der Waals surface area contributed by atoms with E-state index in [1.165, 1.54) is 0 Å². The van der Waals surface area contributed by atoms with Gasteiger partial charge >= 0.3 is 0 Å². The van der Waals surface area contributed by atoms with Gasteiger partial charge in [0, 0.05) is 23.3 Å². The number of hydrogen-bond donors (Lipinski definition) is 1. The maximum absolute atomic E-state index is 12.4. The van der Waals surface area contributed by atoms with Gasteiger partial charge in [0.2, 0.25) is 5.91 Å². The van der Waals surface area contributed by atoms with E-state index in [-0.39, 0.29) is 17.9 Å². The molecule has 0 fully saturated rings. The number of benzene rings is 1. The predicted octanol–water partition coefficient (Wildman–Crippen LogP) is 3.38. The van der Waals surface area contributed by atoms with Crippen LogP contribution >= 0.6 is 11.6 Å². The third-order valence-electron chi connectivity index (χ3n) is 4.11. The molecule has 0 aliphatic rings. The number of hydrogen-bond acceptors (Lipinski definition) is 3. The number of halogens is 1. The van der Waals surface area contributed by atoms with Crippen molar-refractivity contribution in [3.8, 4) is 5.75 Å².